The number of rotatable bonds is 6. The number of halogens is 4. The van der Waals surface area contributed by atoms with E-state index in [1.54, 1.807) is 16.5 Å². The maximum absolute atomic E-state index is 13.5. The van der Waals surface area contributed by atoms with Crippen LogP contribution in [0.5, 0.6) is 11.6 Å². The molecule has 0 bridgehead atoms. The highest BCUT2D eigenvalue weighted by Gasteiger charge is 2.30. The molecular weight excluding hydrogens is 430 g/mol. The van der Waals surface area contributed by atoms with Gasteiger partial charge in [-0.05, 0) is 36.4 Å². The van der Waals surface area contributed by atoms with E-state index in [9.17, 15) is 17.6 Å². The Labute approximate surface area is 178 Å². The van der Waals surface area contributed by atoms with Crippen LogP contribution in [-0.2, 0) is 0 Å². The Morgan fingerprint density at radius 3 is 2.44 bits per heavy atom. The van der Waals surface area contributed by atoms with Crippen LogP contribution in [0, 0.1) is 11.6 Å². The van der Waals surface area contributed by atoms with E-state index >= 15 is 0 Å². The number of nitrogens with zero attached hydrogens (tertiary/aromatic N) is 5. The summed E-state index contributed by atoms with van der Waals surface area (Å²) < 4.78 is 63.5. The predicted molar refractivity (Wildman–Crippen MR) is 106 cm³/mol. The van der Waals surface area contributed by atoms with Crippen molar-refractivity contribution < 1.29 is 27.0 Å². The summed E-state index contributed by atoms with van der Waals surface area (Å²) in [7, 11) is 0. The van der Waals surface area contributed by atoms with Gasteiger partial charge >= 0.3 is 6.61 Å². The minimum Gasteiger partial charge on any atom is -0.470 e. The van der Waals surface area contributed by atoms with Gasteiger partial charge in [-0.3, -0.25) is 4.98 Å². The summed E-state index contributed by atoms with van der Waals surface area (Å²) >= 11 is 0. The maximum Gasteiger partial charge on any atom is 0.387 e. The average Bonchev–Trinajstić information content (AvgIpc) is 3.18. The number of aromatic nitrogens is 4. The summed E-state index contributed by atoms with van der Waals surface area (Å²) in [5.74, 6) is -0.931. The summed E-state index contributed by atoms with van der Waals surface area (Å²) in [6, 6.07) is 9.75. The maximum atomic E-state index is 13.5. The lowest BCUT2D eigenvalue weighted by Crippen LogP contribution is -2.54. The SMILES string of the molecule is Fc1ccc(N2CC(Oc3cncc4nnc(-c5ccc(OC(F)F)cc5)n34)C2)cc1F. The second-order valence-corrected chi connectivity index (χ2v) is 7.11. The molecule has 0 radical (unpaired) electrons. The number of fused-ring (bicyclic) bond motifs is 1. The third kappa shape index (κ3) is 3.77. The van der Waals surface area contributed by atoms with Gasteiger partial charge in [-0.2, -0.15) is 8.78 Å². The van der Waals surface area contributed by atoms with E-state index in [1.807, 2.05) is 4.90 Å². The Bertz CT molecular complexity index is 1260. The van der Waals surface area contributed by atoms with Gasteiger partial charge in [0, 0.05) is 17.3 Å². The quantitative estimate of drug-likeness (QED) is 0.419. The molecule has 1 fully saturated rings. The van der Waals surface area contributed by atoms with Gasteiger partial charge in [0.15, 0.2) is 23.1 Å². The number of alkyl halides is 2. The molecule has 0 spiro atoms. The zero-order valence-corrected chi connectivity index (χ0v) is 16.3. The third-order valence-corrected chi connectivity index (χ3v) is 5.02. The molecule has 11 heteroatoms. The standard InChI is InChI=1S/C21H15F4N5O2/c22-16-6-3-13(7-17(16)23)29-10-15(11-29)31-19-9-26-8-18-27-28-20(30(18)19)12-1-4-14(5-2-12)32-21(24)25/h1-9,15,21H,10-11H2. The number of benzene rings is 2. The summed E-state index contributed by atoms with van der Waals surface area (Å²) in [6.07, 6.45) is 2.83. The van der Waals surface area contributed by atoms with Crippen LogP contribution in [0.3, 0.4) is 0 Å². The molecule has 4 aromatic rings. The second-order valence-electron chi connectivity index (χ2n) is 7.11. The largest absolute Gasteiger partial charge is 0.470 e. The summed E-state index contributed by atoms with van der Waals surface area (Å²) in [5.41, 5.74) is 1.63. The van der Waals surface area contributed by atoms with Gasteiger partial charge in [-0.15, -0.1) is 10.2 Å². The first-order valence-electron chi connectivity index (χ1n) is 9.59. The first-order valence-corrected chi connectivity index (χ1v) is 9.59. The molecule has 0 atom stereocenters. The van der Waals surface area contributed by atoms with Crippen molar-refractivity contribution in [3.8, 4) is 23.0 Å². The molecular formula is C21H15F4N5O2. The van der Waals surface area contributed by atoms with Crippen LogP contribution in [0.15, 0.2) is 54.9 Å². The minimum absolute atomic E-state index is 0.0301. The molecule has 1 saturated heterocycles. The molecule has 164 valence electrons. The van der Waals surface area contributed by atoms with E-state index in [0.29, 0.717) is 41.7 Å². The van der Waals surface area contributed by atoms with Crippen molar-refractivity contribution >= 4 is 11.3 Å². The highest BCUT2D eigenvalue weighted by molar-refractivity contribution is 5.61. The van der Waals surface area contributed by atoms with Crippen molar-refractivity contribution in [2.75, 3.05) is 18.0 Å². The van der Waals surface area contributed by atoms with Crippen molar-refractivity contribution in [3.05, 3.63) is 66.5 Å². The molecule has 3 heterocycles. The van der Waals surface area contributed by atoms with Crippen LogP contribution < -0.4 is 14.4 Å². The van der Waals surface area contributed by atoms with Gasteiger partial charge in [0.1, 0.15) is 11.9 Å². The van der Waals surface area contributed by atoms with Gasteiger partial charge in [0.2, 0.25) is 5.88 Å². The predicted octanol–water partition coefficient (Wildman–Crippen LogP) is 3.94. The van der Waals surface area contributed by atoms with Gasteiger partial charge in [-0.1, -0.05) is 0 Å². The smallest absolute Gasteiger partial charge is 0.387 e. The fourth-order valence-corrected chi connectivity index (χ4v) is 3.45. The first kappa shape index (κ1) is 20.0. The van der Waals surface area contributed by atoms with Gasteiger partial charge < -0.3 is 14.4 Å². The highest BCUT2D eigenvalue weighted by Crippen LogP contribution is 2.28. The molecule has 0 aliphatic carbocycles. The van der Waals surface area contributed by atoms with Crippen LogP contribution in [0.2, 0.25) is 0 Å². The van der Waals surface area contributed by atoms with Gasteiger partial charge in [0.25, 0.3) is 0 Å². The molecule has 2 aromatic carbocycles. The van der Waals surface area contributed by atoms with Crippen molar-refractivity contribution in [1.29, 1.82) is 0 Å². The number of anilines is 1. The van der Waals surface area contributed by atoms with E-state index in [4.69, 9.17) is 4.74 Å². The van der Waals surface area contributed by atoms with Crippen LogP contribution in [0.1, 0.15) is 0 Å². The molecule has 5 rings (SSSR count). The van der Waals surface area contributed by atoms with E-state index in [-0.39, 0.29) is 11.9 Å². The summed E-state index contributed by atoms with van der Waals surface area (Å²) in [4.78, 5) is 5.98. The van der Waals surface area contributed by atoms with Crippen molar-refractivity contribution in [2.24, 2.45) is 0 Å². The van der Waals surface area contributed by atoms with Crippen LogP contribution in [-0.4, -0.2) is 45.4 Å². The molecule has 0 saturated carbocycles. The Balaban J connectivity index is 1.35. The first-order chi connectivity index (χ1) is 15.5. The van der Waals surface area contributed by atoms with Crippen molar-refractivity contribution in [3.63, 3.8) is 0 Å². The van der Waals surface area contributed by atoms with Gasteiger partial charge in [-0.25, -0.2) is 13.2 Å². The lowest BCUT2D eigenvalue weighted by Gasteiger charge is -2.40. The van der Waals surface area contributed by atoms with E-state index in [2.05, 4.69) is 19.9 Å². The van der Waals surface area contributed by atoms with Gasteiger partial charge in [0.05, 0.1) is 25.5 Å². The minimum atomic E-state index is -2.91. The molecule has 2 aromatic heterocycles. The number of hydrogen-bond acceptors (Lipinski definition) is 6. The van der Waals surface area contributed by atoms with Crippen LogP contribution in [0.25, 0.3) is 17.0 Å². The molecule has 0 N–H and O–H groups in total. The molecule has 32 heavy (non-hydrogen) atoms. The van der Waals surface area contributed by atoms with E-state index in [1.165, 1.54) is 30.6 Å². The number of hydrogen-bond donors (Lipinski definition) is 0. The Hall–Kier alpha value is -3.89. The Kier molecular flexibility index (Phi) is 5.00. The molecule has 0 amide bonds. The lowest BCUT2D eigenvalue weighted by atomic mass is 10.1. The molecule has 1 aliphatic rings. The zero-order valence-electron chi connectivity index (χ0n) is 16.3. The zero-order chi connectivity index (χ0) is 22.2. The summed E-state index contributed by atoms with van der Waals surface area (Å²) in [5, 5.41) is 8.25. The summed E-state index contributed by atoms with van der Waals surface area (Å²) in [6.45, 7) is -1.97. The van der Waals surface area contributed by atoms with Crippen LogP contribution in [0.4, 0.5) is 23.2 Å². The van der Waals surface area contributed by atoms with Crippen molar-refractivity contribution in [1.82, 2.24) is 19.6 Å². The van der Waals surface area contributed by atoms with Crippen LogP contribution >= 0.6 is 0 Å². The average molecular weight is 445 g/mol. The second kappa shape index (κ2) is 7.98. The monoisotopic (exact) mass is 445 g/mol. The number of ether oxygens (including phenoxy) is 2. The molecule has 0 unspecified atom stereocenters. The molecule has 7 nitrogen and oxygen atoms in total. The Morgan fingerprint density at radius 2 is 1.72 bits per heavy atom. The Morgan fingerprint density at radius 1 is 0.938 bits per heavy atom. The molecule has 1 aliphatic heterocycles. The topological polar surface area (TPSA) is 64.8 Å². The van der Waals surface area contributed by atoms with E-state index < -0.39 is 18.2 Å². The van der Waals surface area contributed by atoms with Crippen molar-refractivity contribution in [2.45, 2.75) is 12.7 Å². The highest BCUT2D eigenvalue weighted by atomic mass is 19.3. The lowest BCUT2D eigenvalue weighted by molar-refractivity contribution is -0.0498. The third-order valence-electron chi connectivity index (χ3n) is 5.02. The fourth-order valence-electron chi connectivity index (χ4n) is 3.45. The van der Waals surface area contributed by atoms with E-state index in [0.717, 1.165) is 12.1 Å². The fraction of sp³-hybridized carbons (Fsp3) is 0.190. The normalized spacial score (nSPS) is 14.1.